The number of benzene rings is 2. The molecule has 2 heterocycles. The first-order valence-electron chi connectivity index (χ1n) is 11.7. The molecule has 2 aromatic rings. The Balaban J connectivity index is 1.31. The lowest BCUT2D eigenvalue weighted by molar-refractivity contribution is -0.128. The lowest BCUT2D eigenvalue weighted by Crippen LogP contribution is -2.37. The first-order valence-corrected chi connectivity index (χ1v) is 13.1. The number of rotatable bonds is 7. The van der Waals surface area contributed by atoms with Gasteiger partial charge < -0.3 is 10.2 Å². The van der Waals surface area contributed by atoms with Crippen LogP contribution in [0.15, 0.2) is 53.4 Å². The Morgan fingerprint density at radius 2 is 1.71 bits per heavy atom. The van der Waals surface area contributed by atoms with Gasteiger partial charge in [0.2, 0.25) is 21.8 Å². The minimum Gasteiger partial charge on any atom is -0.342 e. The van der Waals surface area contributed by atoms with Crippen molar-refractivity contribution in [1.82, 2.24) is 9.21 Å². The van der Waals surface area contributed by atoms with Gasteiger partial charge in [-0.1, -0.05) is 19.1 Å². The fourth-order valence-electron chi connectivity index (χ4n) is 4.41. The lowest BCUT2D eigenvalue weighted by atomic mass is 10.0. The van der Waals surface area contributed by atoms with Crippen LogP contribution in [0.1, 0.15) is 31.7 Å². The highest BCUT2D eigenvalue weighted by Crippen LogP contribution is 2.25. The smallest absolute Gasteiger partial charge is 0.243 e. The molecule has 34 heavy (non-hydrogen) atoms. The van der Waals surface area contributed by atoms with Crippen LogP contribution in [0.5, 0.6) is 0 Å². The number of likely N-dealkylation sites (tertiary alicyclic amines) is 1. The predicted molar refractivity (Wildman–Crippen MR) is 127 cm³/mol. The van der Waals surface area contributed by atoms with Crippen LogP contribution in [0.3, 0.4) is 0 Å². The maximum Gasteiger partial charge on any atom is 0.243 e. The minimum absolute atomic E-state index is 0.0837. The number of carbonyl (C=O) groups is 2. The Labute approximate surface area is 200 Å². The van der Waals surface area contributed by atoms with Crippen LogP contribution in [0.2, 0.25) is 0 Å². The molecule has 2 fully saturated rings. The Kier molecular flexibility index (Phi) is 7.33. The van der Waals surface area contributed by atoms with Gasteiger partial charge in [-0.05, 0) is 67.1 Å². The van der Waals surface area contributed by atoms with E-state index in [4.69, 9.17) is 0 Å². The molecule has 2 saturated heterocycles. The molecule has 4 rings (SSSR count). The fraction of sp³-hybridized carbons (Fsp3) is 0.440. The molecular formula is C25H30FN3O4S. The highest BCUT2D eigenvalue weighted by atomic mass is 32.2. The van der Waals surface area contributed by atoms with Crippen LogP contribution in [0.25, 0.3) is 0 Å². The van der Waals surface area contributed by atoms with E-state index in [9.17, 15) is 22.4 Å². The van der Waals surface area contributed by atoms with Gasteiger partial charge >= 0.3 is 0 Å². The van der Waals surface area contributed by atoms with Gasteiger partial charge in [0.05, 0.1) is 10.8 Å². The minimum atomic E-state index is -3.54. The van der Waals surface area contributed by atoms with Crippen LogP contribution in [0.4, 0.5) is 10.1 Å². The van der Waals surface area contributed by atoms with E-state index in [2.05, 4.69) is 12.2 Å². The molecule has 7 nitrogen and oxygen atoms in total. The van der Waals surface area contributed by atoms with E-state index < -0.39 is 15.9 Å². The Bertz CT molecular complexity index is 1130. The average Bonchev–Trinajstić information content (AvgIpc) is 3.20. The number of piperidine rings is 1. The summed E-state index contributed by atoms with van der Waals surface area (Å²) in [5, 5.41) is 2.80. The normalized spacial score (nSPS) is 20.0. The third kappa shape index (κ3) is 5.64. The summed E-state index contributed by atoms with van der Waals surface area (Å²) in [4.78, 5) is 26.9. The number of halogens is 1. The zero-order valence-corrected chi connectivity index (χ0v) is 20.1. The third-order valence-corrected chi connectivity index (χ3v) is 8.58. The molecule has 9 heteroatoms. The second-order valence-corrected chi connectivity index (χ2v) is 11.2. The molecule has 0 aromatic heterocycles. The first kappa shape index (κ1) is 24.3. The largest absolute Gasteiger partial charge is 0.342 e. The number of hydrogen-bond donors (Lipinski definition) is 1. The van der Waals surface area contributed by atoms with E-state index in [1.54, 1.807) is 29.2 Å². The summed E-state index contributed by atoms with van der Waals surface area (Å²) in [7, 11) is -3.54. The van der Waals surface area contributed by atoms with E-state index >= 15 is 0 Å². The predicted octanol–water partition coefficient (Wildman–Crippen LogP) is 3.28. The molecule has 2 aliphatic heterocycles. The summed E-state index contributed by atoms with van der Waals surface area (Å²) in [6.07, 6.45) is 2.43. The second-order valence-electron chi connectivity index (χ2n) is 9.22. The van der Waals surface area contributed by atoms with Crippen molar-refractivity contribution in [2.75, 3.05) is 31.5 Å². The Morgan fingerprint density at radius 1 is 1.06 bits per heavy atom. The van der Waals surface area contributed by atoms with Crippen molar-refractivity contribution in [3.8, 4) is 0 Å². The standard InChI is InChI=1S/C25H30FN3O4S/c1-18-10-14-29(15-11-18)34(32,33)23-8-6-22(7-9-23)27-25(31)20-16-24(30)28(17-20)13-12-19-2-4-21(26)5-3-19/h2-9,18,20H,10-17H2,1H3,(H,27,31). The monoisotopic (exact) mass is 487 g/mol. The van der Waals surface area contributed by atoms with E-state index in [0.29, 0.717) is 44.2 Å². The molecule has 1 unspecified atom stereocenters. The molecule has 2 aromatic carbocycles. The third-order valence-electron chi connectivity index (χ3n) is 6.67. The molecule has 0 spiro atoms. The number of sulfonamides is 1. The number of anilines is 1. The number of carbonyl (C=O) groups excluding carboxylic acids is 2. The summed E-state index contributed by atoms with van der Waals surface area (Å²) < 4.78 is 40.3. The van der Waals surface area contributed by atoms with E-state index in [1.165, 1.54) is 28.6 Å². The number of hydrogen-bond acceptors (Lipinski definition) is 4. The van der Waals surface area contributed by atoms with Crippen LogP contribution in [-0.2, 0) is 26.0 Å². The second kappa shape index (κ2) is 10.2. The summed E-state index contributed by atoms with van der Waals surface area (Å²) >= 11 is 0. The summed E-state index contributed by atoms with van der Waals surface area (Å²) in [5.41, 5.74) is 1.42. The molecule has 2 aliphatic rings. The van der Waals surface area contributed by atoms with E-state index in [0.717, 1.165) is 18.4 Å². The van der Waals surface area contributed by atoms with Crippen LogP contribution >= 0.6 is 0 Å². The lowest BCUT2D eigenvalue weighted by Gasteiger charge is -2.29. The van der Waals surface area contributed by atoms with E-state index in [-0.39, 0.29) is 28.9 Å². The molecule has 2 amide bonds. The molecule has 0 saturated carbocycles. The van der Waals surface area contributed by atoms with Crippen LogP contribution in [0, 0.1) is 17.7 Å². The van der Waals surface area contributed by atoms with Crippen LogP contribution in [-0.4, -0.2) is 55.6 Å². The van der Waals surface area contributed by atoms with Gasteiger partial charge in [0.1, 0.15) is 5.82 Å². The summed E-state index contributed by atoms with van der Waals surface area (Å²) in [6.45, 7) is 3.97. The van der Waals surface area contributed by atoms with Gasteiger partial charge in [-0.3, -0.25) is 9.59 Å². The highest BCUT2D eigenvalue weighted by Gasteiger charge is 2.34. The zero-order valence-electron chi connectivity index (χ0n) is 19.2. The van der Waals surface area contributed by atoms with Crippen molar-refractivity contribution in [2.45, 2.75) is 37.5 Å². The van der Waals surface area contributed by atoms with Crippen molar-refractivity contribution in [3.63, 3.8) is 0 Å². The zero-order chi connectivity index (χ0) is 24.3. The molecule has 1 atom stereocenters. The van der Waals surface area contributed by atoms with Gasteiger partial charge in [0, 0.05) is 38.3 Å². The number of nitrogens with zero attached hydrogens (tertiary/aromatic N) is 2. The average molecular weight is 488 g/mol. The van der Waals surface area contributed by atoms with Gasteiger partial charge in [0.15, 0.2) is 0 Å². The molecule has 0 aliphatic carbocycles. The number of nitrogens with one attached hydrogen (secondary N) is 1. The van der Waals surface area contributed by atoms with Gasteiger partial charge in [0.25, 0.3) is 0 Å². The SMILES string of the molecule is CC1CCN(S(=O)(=O)c2ccc(NC(=O)C3CC(=O)N(CCc4ccc(F)cc4)C3)cc2)CC1. The Hall–Kier alpha value is -2.78. The maximum absolute atomic E-state index is 13.0. The van der Waals surface area contributed by atoms with Crippen molar-refractivity contribution >= 4 is 27.5 Å². The Morgan fingerprint density at radius 3 is 2.35 bits per heavy atom. The maximum atomic E-state index is 13.0. The molecule has 0 bridgehead atoms. The van der Waals surface area contributed by atoms with Crippen molar-refractivity contribution in [2.24, 2.45) is 11.8 Å². The molecule has 1 N–H and O–H groups in total. The quantitative estimate of drug-likeness (QED) is 0.650. The fourth-order valence-corrected chi connectivity index (χ4v) is 5.88. The van der Waals surface area contributed by atoms with Crippen molar-refractivity contribution in [1.29, 1.82) is 0 Å². The van der Waals surface area contributed by atoms with Crippen molar-refractivity contribution in [3.05, 3.63) is 59.9 Å². The number of amides is 2. The summed E-state index contributed by atoms with van der Waals surface area (Å²) in [6, 6.07) is 12.4. The molecule has 0 radical (unpaired) electrons. The molecule has 182 valence electrons. The van der Waals surface area contributed by atoms with E-state index in [1.807, 2.05) is 0 Å². The summed E-state index contributed by atoms with van der Waals surface area (Å²) in [5.74, 6) is -0.591. The topological polar surface area (TPSA) is 86.8 Å². The van der Waals surface area contributed by atoms with Gasteiger partial charge in [-0.2, -0.15) is 4.31 Å². The molecular weight excluding hydrogens is 457 g/mol. The van der Waals surface area contributed by atoms with Gasteiger partial charge in [-0.25, -0.2) is 12.8 Å². The van der Waals surface area contributed by atoms with Gasteiger partial charge in [-0.15, -0.1) is 0 Å². The highest BCUT2D eigenvalue weighted by molar-refractivity contribution is 7.89. The van der Waals surface area contributed by atoms with Crippen LogP contribution < -0.4 is 5.32 Å². The van der Waals surface area contributed by atoms with Crippen molar-refractivity contribution < 1.29 is 22.4 Å². The first-order chi connectivity index (χ1) is 16.2.